The number of rotatable bonds is 3. The Morgan fingerprint density at radius 2 is 2.11 bits per heavy atom. The van der Waals surface area contributed by atoms with Gasteiger partial charge in [-0.2, -0.15) is 11.3 Å². The van der Waals surface area contributed by atoms with E-state index in [1.54, 1.807) is 25.2 Å². The van der Waals surface area contributed by atoms with E-state index in [4.69, 9.17) is 10.5 Å². The molecule has 2 N–H and O–H groups in total. The van der Waals surface area contributed by atoms with Crippen LogP contribution in [0.15, 0.2) is 10.8 Å². The molecule has 0 fully saturated rings. The molecule has 0 saturated carbocycles. The highest BCUT2D eigenvalue weighted by Crippen LogP contribution is 2.26. The molecule has 2 aromatic heterocycles. The fourth-order valence-electron chi connectivity index (χ4n) is 1.76. The molecule has 2 heterocycles. The first-order valence-electron chi connectivity index (χ1n) is 5.89. The van der Waals surface area contributed by atoms with Gasteiger partial charge in [-0.3, -0.25) is 0 Å². The highest BCUT2D eigenvalue weighted by Gasteiger charge is 2.19. The van der Waals surface area contributed by atoms with Gasteiger partial charge in [0, 0.05) is 10.9 Å². The summed E-state index contributed by atoms with van der Waals surface area (Å²) in [7, 11) is 0. The molecule has 0 aromatic carbocycles. The van der Waals surface area contributed by atoms with E-state index >= 15 is 0 Å². The zero-order chi connectivity index (χ0) is 14.0. The van der Waals surface area contributed by atoms with Gasteiger partial charge in [-0.05, 0) is 31.7 Å². The minimum absolute atomic E-state index is 0.159. The van der Waals surface area contributed by atoms with Gasteiger partial charge in [0.2, 0.25) is 0 Å². The predicted octanol–water partition coefficient (Wildman–Crippen LogP) is 2.58. The SMILES string of the molecule is CCOC(=O)c1c(C)nc(-c2cscc2C)nc1N. The zero-order valence-corrected chi connectivity index (χ0v) is 11.9. The number of nitrogen functional groups attached to an aromatic ring is 1. The Balaban J connectivity index is 2.48. The number of nitrogens with two attached hydrogens (primary N) is 1. The van der Waals surface area contributed by atoms with E-state index in [1.165, 1.54) is 0 Å². The van der Waals surface area contributed by atoms with E-state index in [0.29, 0.717) is 18.1 Å². The second-order valence-corrected chi connectivity index (χ2v) is 4.83. The first-order valence-corrected chi connectivity index (χ1v) is 6.83. The molecule has 0 spiro atoms. The smallest absolute Gasteiger partial charge is 0.343 e. The summed E-state index contributed by atoms with van der Waals surface area (Å²) in [6.45, 7) is 5.76. The van der Waals surface area contributed by atoms with Crippen LogP contribution in [0.4, 0.5) is 5.82 Å². The summed E-state index contributed by atoms with van der Waals surface area (Å²) in [4.78, 5) is 20.3. The lowest BCUT2D eigenvalue weighted by Crippen LogP contribution is -2.13. The number of hydrogen-bond acceptors (Lipinski definition) is 6. The predicted molar refractivity (Wildman–Crippen MR) is 75.2 cm³/mol. The number of carbonyl (C=O) groups is 1. The Labute approximate surface area is 115 Å². The topological polar surface area (TPSA) is 78.1 Å². The lowest BCUT2D eigenvalue weighted by molar-refractivity contribution is 0.0526. The van der Waals surface area contributed by atoms with Gasteiger partial charge in [0.1, 0.15) is 11.4 Å². The Bertz CT molecular complexity index is 599. The van der Waals surface area contributed by atoms with Crippen molar-refractivity contribution in [1.82, 2.24) is 9.97 Å². The van der Waals surface area contributed by atoms with Crippen LogP contribution in [-0.2, 0) is 4.74 Å². The first kappa shape index (κ1) is 13.5. The highest BCUT2D eigenvalue weighted by atomic mass is 32.1. The normalized spacial score (nSPS) is 10.5. The lowest BCUT2D eigenvalue weighted by Gasteiger charge is -2.09. The molecular formula is C13H15N3O2S. The molecule has 0 saturated heterocycles. The summed E-state index contributed by atoms with van der Waals surface area (Å²) >= 11 is 1.58. The van der Waals surface area contributed by atoms with E-state index in [1.807, 2.05) is 17.7 Å². The van der Waals surface area contributed by atoms with Gasteiger partial charge in [-0.1, -0.05) is 0 Å². The summed E-state index contributed by atoms with van der Waals surface area (Å²) in [5, 5.41) is 3.98. The second kappa shape index (κ2) is 5.36. The van der Waals surface area contributed by atoms with Crippen molar-refractivity contribution < 1.29 is 9.53 Å². The van der Waals surface area contributed by atoms with Crippen molar-refractivity contribution in [3.8, 4) is 11.4 Å². The molecule has 100 valence electrons. The van der Waals surface area contributed by atoms with E-state index in [2.05, 4.69) is 9.97 Å². The summed E-state index contributed by atoms with van der Waals surface area (Å²) in [5.41, 5.74) is 8.67. The van der Waals surface area contributed by atoms with E-state index in [9.17, 15) is 4.79 Å². The van der Waals surface area contributed by atoms with Crippen molar-refractivity contribution in [2.45, 2.75) is 20.8 Å². The molecule has 0 unspecified atom stereocenters. The molecule has 0 radical (unpaired) electrons. The molecule has 0 amide bonds. The maximum Gasteiger partial charge on any atom is 0.343 e. The third kappa shape index (κ3) is 2.58. The minimum atomic E-state index is -0.480. The maximum absolute atomic E-state index is 11.8. The summed E-state index contributed by atoms with van der Waals surface area (Å²) in [6.07, 6.45) is 0. The summed E-state index contributed by atoms with van der Waals surface area (Å²) in [5.74, 6) is 0.222. The zero-order valence-electron chi connectivity index (χ0n) is 11.1. The molecule has 0 atom stereocenters. The largest absolute Gasteiger partial charge is 0.462 e. The number of ether oxygens (including phenoxy) is 1. The summed E-state index contributed by atoms with van der Waals surface area (Å²) in [6, 6.07) is 0. The van der Waals surface area contributed by atoms with Crippen molar-refractivity contribution in [3.05, 3.63) is 27.6 Å². The number of anilines is 1. The van der Waals surface area contributed by atoms with Crippen molar-refractivity contribution in [2.24, 2.45) is 0 Å². The van der Waals surface area contributed by atoms with Gasteiger partial charge in [-0.25, -0.2) is 14.8 Å². The van der Waals surface area contributed by atoms with Gasteiger partial charge in [0.25, 0.3) is 0 Å². The molecule has 6 heteroatoms. The van der Waals surface area contributed by atoms with Crippen LogP contribution in [0.3, 0.4) is 0 Å². The maximum atomic E-state index is 11.8. The summed E-state index contributed by atoms with van der Waals surface area (Å²) < 4.78 is 4.95. The van der Waals surface area contributed by atoms with Crippen LogP contribution >= 0.6 is 11.3 Å². The average molecular weight is 277 g/mol. The van der Waals surface area contributed by atoms with E-state index in [0.717, 1.165) is 11.1 Å². The van der Waals surface area contributed by atoms with Gasteiger partial charge in [-0.15, -0.1) is 0 Å². The Morgan fingerprint density at radius 1 is 1.37 bits per heavy atom. The van der Waals surface area contributed by atoms with Crippen molar-refractivity contribution in [1.29, 1.82) is 0 Å². The van der Waals surface area contributed by atoms with Crippen molar-refractivity contribution in [3.63, 3.8) is 0 Å². The molecule has 19 heavy (non-hydrogen) atoms. The second-order valence-electron chi connectivity index (χ2n) is 4.08. The molecule has 2 aromatic rings. The van der Waals surface area contributed by atoms with Crippen LogP contribution < -0.4 is 5.73 Å². The van der Waals surface area contributed by atoms with E-state index < -0.39 is 5.97 Å². The Kier molecular flexibility index (Phi) is 3.80. The lowest BCUT2D eigenvalue weighted by atomic mass is 10.1. The third-order valence-electron chi connectivity index (χ3n) is 2.69. The third-order valence-corrected chi connectivity index (χ3v) is 3.56. The minimum Gasteiger partial charge on any atom is -0.462 e. The molecule has 5 nitrogen and oxygen atoms in total. The standard InChI is InChI=1S/C13H15N3O2S/c1-4-18-13(17)10-8(3)15-12(16-11(10)14)9-6-19-5-7(9)2/h5-6H,4H2,1-3H3,(H2,14,15,16). The van der Waals surface area contributed by atoms with Crippen LogP contribution in [0.5, 0.6) is 0 Å². The van der Waals surface area contributed by atoms with Crippen LogP contribution in [-0.4, -0.2) is 22.5 Å². The fraction of sp³-hybridized carbons (Fsp3) is 0.308. The van der Waals surface area contributed by atoms with Crippen LogP contribution in [0.25, 0.3) is 11.4 Å². The Morgan fingerprint density at radius 3 is 2.63 bits per heavy atom. The number of carbonyl (C=O) groups excluding carboxylic acids is 1. The van der Waals surface area contributed by atoms with E-state index in [-0.39, 0.29) is 11.4 Å². The van der Waals surface area contributed by atoms with Gasteiger partial charge in [0.05, 0.1) is 12.3 Å². The fourth-order valence-corrected chi connectivity index (χ4v) is 2.59. The molecular weight excluding hydrogens is 262 g/mol. The average Bonchev–Trinajstić information content (AvgIpc) is 2.74. The van der Waals surface area contributed by atoms with Gasteiger partial charge < -0.3 is 10.5 Å². The highest BCUT2D eigenvalue weighted by molar-refractivity contribution is 7.08. The quantitative estimate of drug-likeness (QED) is 0.872. The Hall–Kier alpha value is -1.95. The van der Waals surface area contributed by atoms with Crippen molar-refractivity contribution in [2.75, 3.05) is 12.3 Å². The number of nitrogens with zero attached hydrogens (tertiary/aromatic N) is 2. The van der Waals surface area contributed by atoms with Crippen LogP contribution in [0.1, 0.15) is 28.5 Å². The monoisotopic (exact) mass is 277 g/mol. The molecule has 0 bridgehead atoms. The number of aromatic nitrogens is 2. The molecule has 0 aliphatic carbocycles. The molecule has 0 aliphatic heterocycles. The number of hydrogen-bond donors (Lipinski definition) is 1. The first-order chi connectivity index (χ1) is 9.04. The molecule has 2 rings (SSSR count). The van der Waals surface area contributed by atoms with Gasteiger partial charge in [0.15, 0.2) is 5.82 Å². The molecule has 0 aliphatic rings. The van der Waals surface area contributed by atoms with Crippen LogP contribution in [0, 0.1) is 13.8 Å². The number of esters is 1. The van der Waals surface area contributed by atoms with Gasteiger partial charge >= 0.3 is 5.97 Å². The van der Waals surface area contributed by atoms with Crippen molar-refractivity contribution >= 4 is 23.1 Å². The number of aryl methyl sites for hydroxylation is 2. The number of thiophene rings is 1. The van der Waals surface area contributed by atoms with Crippen LogP contribution in [0.2, 0.25) is 0 Å².